The number of para-hydroxylation sites is 1. The minimum Gasteiger partial charge on any atom is -0.503 e. The van der Waals surface area contributed by atoms with Gasteiger partial charge in [0, 0.05) is 6.54 Å². The second-order valence-electron chi connectivity index (χ2n) is 7.88. The molecule has 2 heterocycles. The number of ether oxygens (including phenoxy) is 1. The predicted molar refractivity (Wildman–Crippen MR) is 125 cm³/mol. The van der Waals surface area contributed by atoms with E-state index >= 15 is 0 Å². The molecule has 4 aromatic rings. The summed E-state index contributed by atoms with van der Waals surface area (Å²) in [7, 11) is 0. The van der Waals surface area contributed by atoms with Crippen LogP contribution in [0, 0.1) is 0 Å². The summed E-state index contributed by atoms with van der Waals surface area (Å²) in [4.78, 5) is 27.9. The van der Waals surface area contributed by atoms with E-state index in [1.807, 2.05) is 66.7 Å². The molecule has 0 aliphatic carbocycles. The topological polar surface area (TPSA) is 80.0 Å². The van der Waals surface area contributed by atoms with E-state index in [1.165, 1.54) is 17.2 Å². The third-order valence-electron chi connectivity index (χ3n) is 5.64. The molecule has 1 aromatic heterocycles. The highest BCUT2D eigenvalue weighted by atomic mass is 16.5. The molecule has 1 atom stereocenters. The summed E-state index contributed by atoms with van der Waals surface area (Å²) in [6.45, 7) is 0.215. The predicted octanol–water partition coefficient (Wildman–Crippen LogP) is 5.85. The molecule has 0 bridgehead atoms. The van der Waals surface area contributed by atoms with Crippen molar-refractivity contribution in [2.45, 2.75) is 12.6 Å². The monoisotopic (exact) mass is 451 g/mol. The van der Waals surface area contributed by atoms with E-state index in [9.17, 15) is 14.7 Å². The molecule has 5 rings (SSSR count). The number of furan rings is 1. The molecule has 6 heteroatoms. The van der Waals surface area contributed by atoms with Crippen LogP contribution in [0.3, 0.4) is 0 Å². The van der Waals surface area contributed by atoms with E-state index in [0.29, 0.717) is 17.1 Å². The van der Waals surface area contributed by atoms with Gasteiger partial charge in [0.25, 0.3) is 5.91 Å². The number of Topliss-reactive ketones (excluding diaryl/α,β-unsaturated/α-hetero) is 1. The van der Waals surface area contributed by atoms with Gasteiger partial charge in [0.2, 0.25) is 5.78 Å². The Hall–Kier alpha value is -4.58. The maximum atomic E-state index is 13.3. The summed E-state index contributed by atoms with van der Waals surface area (Å²) < 4.78 is 11.3. The first kappa shape index (κ1) is 21.3. The zero-order chi connectivity index (χ0) is 23.5. The average Bonchev–Trinajstić information content (AvgIpc) is 3.49. The Morgan fingerprint density at radius 3 is 2.29 bits per heavy atom. The molecule has 1 aliphatic rings. The highest BCUT2D eigenvalue weighted by molar-refractivity contribution is 6.15. The maximum absolute atomic E-state index is 13.3. The first-order valence-electron chi connectivity index (χ1n) is 10.8. The second kappa shape index (κ2) is 9.11. The van der Waals surface area contributed by atoms with Gasteiger partial charge in [-0.1, -0.05) is 60.7 Å². The van der Waals surface area contributed by atoms with Crippen LogP contribution in [0.1, 0.15) is 27.7 Å². The Morgan fingerprint density at radius 2 is 1.59 bits per heavy atom. The number of aliphatic hydroxyl groups excluding tert-OH is 1. The standard InChI is InChI=1S/C28H21NO5/c30-26(23-15-8-16-33-23)24-25(29(28(32)27(24)31)18-19-9-3-1-4-10-19)20-11-7-14-22(17-20)34-21-12-5-2-6-13-21/h1-17,25,31H,18H2. The lowest BCUT2D eigenvalue weighted by Gasteiger charge is -2.27. The van der Waals surface area contributed by atoms with Crippen LogP contribution in [0.15, 0.2) is 119 Å². The third kappa shape index (κ3) is 4.09. The number of hydrogen-bond acceptors (Lipinski definition) is 5. The first-order valence-corrected chi connectivity index (χ1v) is 10.8. The fraction of sp³-hybridized carbons (Fsp3) is 0.0714. The molecule has 0 saturated carbocycles. The van der Waals surface area contributed by atoms with E-state index in [1.54, 1.807) is 24.3 Å². The number of rotatable bonds is 7. The molecule has 1 N–H and O–H groups in total. The van der Waals surface area contributed by atoms with Crippen LogP contribution in [0.25, 0.3) is 0 Å². The molecule has 0 spiro atoms. The van der Waals surface area contributed by atoms with Crippen molar-refractivity contribution in [3.8, 4) is 11.5 Å². The Morgan fingerprint density at radius 1 is 0.882 bits per heavy atom. The molecule has 0 saturated heterocycles. The molecular formula is C28H21NO5. The zero-order valence-corrected chi connectivity index (χ0v) is 18.1. The first-order chi connectivity index (χ1) is 16.6. The SMILES string of the molecule is O=C(C1=C(O)C(=O)N(Cc2ccccc2)C1c1cccc(Oc2ccccc2)c1)c1ccco1. The van der Waals surface area contributed by atoms with Crippen LogP contribution in [-0.4, -0.2) is 21.7 Å². The Labute approximate surface area is 196 Å². The number of benzene rings is 3. The lowest BCUT2D eigenvalue weighted by molar-refractivity contribution is -0.130. The summed E-state index contributed by atoms with van der Waals surface area (Å²) >= 11 is 0. The second-order valence-corrected chi connectivity index (χ2v) is 7.88. The van der Waals surface area contributed by atoms with Crippen LogP contribution in [0.2, 0.25) is 0 Å². The fourth-order valence-electron chi connectivity index (χ4n) is 4.09. The number of carbonyl (C=O) groups excluding carboxylic acids is 2. The molecule has 0 radical (unpaired) electrons. The van der Waals surface area contributed by atoms with Crippen LogP contribution in [0.4, 0.5) is 0 Å². The summed E-state index contributed by atoms with van der Waals surface area (Å²) in [5.74, 6) is -0.459. The van der Waals surface area contributed by atoms with Gasteiger partial charge in [-0.25, -0.2) is 0 Å². The number of nitrogens with zero attached hydrogens (tertiary/aromatic N) is 1. The van der Waals surface area contributed by atoms with E-state index in [-0.39, 0.29) is 17.9 Å². The minimum atomic E-state index is -0.815. The molecule has 3 aromatic carbocycles. The smallest absolute Gasteiger partial charge is 0.290 e. The Balaban J connectivity index is 1.56. The molecule has 6 nitrogen and oxygen atoms in total. The van der Waals surface area contributed by atoms with E-state index in [4.69, 9.17) is 9.15 Å². The van der Waals surface area contributed by atoms with E-state index in [2.05, 4.69) is 0 Å². The van der Waals surface area contributed by atoms with Gasteiger partial charge in [-0.3, -0.25) is 9.59 Å². The summed E-state index contributed by atoms with van der Waals surface area (Å²) in [5.41, 5.74) is 1.49. The largest absolute Gasteiger partial charge is 0.503 e. The van der Waals surface area contributed by atoms with Crippen molar-refractivity contribution in [1.29, 1.82) is 0 Å². The van der Waals surface area contributed by atoms with Gasteiger partial charge in [-0.05, 0) is 47.5 Å². The van der Waals surface area contributed by atoms with E-state index < -0.39 is 23.5 Å². The van der Waals surface area contributed by atoms with Crippen molar-refractivity contribution in [2.75, 3.05) is 0 Å². The van der Waals surface area contributed by atoms with Gasteiger partial charge in [0.05, 0.1) is 17.9 Å². The lowest BCUT2D eigenvalue weighted by atomic mass is 9.94. The fourth-order valence-corrected chi connectivity index (χ4v) is 4.09. The minimum absolute atomic E-state index is 0.0206. The highest BCUT2D eigenvalue weighted by Crippen LogP contribution is 2.41. The zero-order valence-electron chi connectivity index (χ0n) is 18.1. The normalized spacial score (nSPS) is 15.6. The summed E-state index contributed by atoms with van der Waals surface area (Å²) in [6, 6.07) is 28.2. The molecule has 1 unspecified atom stereocenters. The van der Waals surface area contributed by atoms with Crippen molar-refractivity contribution >= 4 is 11.7 Å². The van der Waals surface area contributed by atoms with Gasteiger partial charge >= 0.3 is 0 Å². The third-order valence-corrected chi connectivity index (χ3v) is 5.64. The summed E-state index contributed by atoms with van der Waals surface area (Å²) in [5, 5.41) is 10.8. The van der Waals surface area contributed by atoms with Crippen LogP contribution in [-0.2, 0) is 11.3 Å². The number of ketones is 1. The summed E-state index contributed by atoms with van der Waals surface area (Å²) in [6.07, 6.45) is 1.38. The van der Waals surface area contributed by atoms with E-state index in [0.717, 1.165) is 5.56 Å². The van der Waals surface area contributed by atoms with Gasteiger partial charge in [0.15, 0.2) is 11.5 Å². The quantitative estimate of drug-likeness (QED) is 0.357. The van der Waals surface area contributed by atoms with Gasteiger partial charge < -0.3 is 19.2 Å². The number of carbonyl (C=O) groups is 2. The number of amides is 1. The molecule has 1 amide bonds. The molecule has 168 valence electrons. The molecular weight excluding hydrogens is 430 g/mol. The van der Waals surface area contributed by atoms with Gasteiger partial charge in [0.1, 0.15) is 11.5 Å². The Kier molecular flexibility index (Phi) is 5.70. The van der Waals surface area contributed by atoms with Crippen molar-refractivity contribution < 1.29 is 23.8 Å². The number of aliphatic hydroxyl groups is 1. The molecule has 0 fully saturated rings. The molecule has 1 aliphatic heterocycles. The molecule has 34 heavy (non-hydrogen) atoms. The number of hydrogen-bond donors (Lipinski definition) is 1. The average molecular weight is 451 g/mol. The van der Waals surface area contributed by atoms with Gasteiger partial charge in [-0.15, -0.1) is 0 Å². The van der Waals surface area contributed by atoms with Crippen LogP contribution < -0.4 is 4.74 Å². The van der Waals surface area contributed by atoms with Gasteiger partial charge in [-0.2, -0.15) is 0 Å². The van der Waals surface area contributed by atoms with Crippen molar-refractivity contribution in [2.24, 2.45) is 0 Å². The van der Waals surface area contributed by atoms with Crippen molar-refractivity contribution in [3.05, 3.63) is 132 Å². The maximum Gasteiger partial charge on any atom is 0.290 e. The highest BCUT2D eigenvalue weighted by Gasteiger charge is 2.44. The van der Waals surface area contributed by atoms with Crippen LogP contribution in [0.5, 0.6) is 11.5 Å². The van der Waals surface area contributed by atoms with Crippen molar-refractivity contribution in [1.82, 2.24) is 4.90 Å². The van der Waals surface area contributed by atoms with Crippen molar-refractivity contribution in [3.63, 3.8) is 0 Å². The Bertz CT molecular complexity index is 1340. The lowest BCUT2D eigenvalue weighted by Crippen LogP contribution is -2.30. The van der Waals surface area contributed by atoms with Crippen LogP contribution >= 0.6 is 0 Å².